The van der Waals surface area contributed by atoms with Crippen molar-refractivity contribution in [2.45, 2.75) is 38.1 Å². The van der Waals surface area contributed by atoms with E-state index in [0.717, 1.165) is 6.54 Å². The molecule has 7 heteroatoms. The maximum Gasteiger partial charge on any atom is 0.0819 e. The Kier molecular flexibility index (Phi) is 14.2. The Bertz CT molecular complexity index is 243. The van der Waals surface area contributed by atoms with Gasteiger partial charge in [0.15, 0.2) is 0 Å². The topological polar surface area (TPSA) is 62.2 Å². The third kappa shape index (κ3) is 13.6. The first-order valence-corrected chi connectivity index (χ1v) is 7.88. The summed E-state index contributed by atoms with van der Waals surface area (Å²) in [6.45, 7) is 5.39. The Morgan fingerprint density at radius 3 is 1.52 bits per heavy atom. The minimum absolute atomic E-state index is 0.132. The van der Waals surface area contributed by atoms with Gasteiger partial charge in [-0.1, -0.05) is 9.39 Å². The average molecular weight is 324 g/mol. The predicted octanol–water partition coefficient (Wildman–Crippen LogP) is -0.464. The molecule has 130 valence electrons. The zero-order chi connectivity index (χ0) is 17.2. The minimum Gasteiger partial charge on any atom is -0.390 e. The van der Waals surface area contributed by atoms with Gasteiger partial charge in [0.05, 0.1) is 12.2 Å². The van der Waals surface area contributed by atoms with Gasteiger partial charge in [-0.3, -0.25) is 5.09 Å². The normalized spacial score (nSPS) is 17.4. The van der Waals surface area contributed by atoms with E-state index < -0.39 is 0 Å². The number of rotatable bonds is 8. The van der Waals surface area contributed by atoms with Crippen molar-refractivity contribution < 1.29 is 10.2 Å². The summed E-state index contributed by atoms with van der Waals surface area (Å²) >= 11 is 0. The lowest BCUT2D eigenvalue weighted by Crippen LogP contribution is -2.42. The summed E-state index contributed by atoms with van der Waals surface area (Å²) in [7, 11) is 14.2. The fourth-order valence-corrected chi connectivity index (χ4v) is 1.74. The highest BCUT2D eigenvalue weighted by Gasteiger charge is 2.16. The van der Waals surface area contributed by atoms with Gasteiger partial charge < -0.3 is 24.9 Å². The summed E-state index contributed by atoms with van der Waals surface area (Å²) < 4.78 is 0. The fraction of sp³-hybridized carbons (Fsp3) is 1.00. The zero-order valence-corrected chi connectivity index (χ0v) is 16.2. The van der Waals surface area contributed by atoms with Gasteiger partial charge in [0.2, 0.25) is 0 Å². The van der Waals surface area contributed by atoms with Crippen molar-refractivity contribution in [3.8, 4) is 0 Å². The summed E-state index contributed by atoms with van der Waals surface area (Å²) in [5.41, 5.74) is 0. The molecule has 0 fully saturated rings. The van der Waals surface area contributed by atoms with Crippen LogP contribution in [-0.4, -0.2) is 105 Å². The Labute approximate surface area is 133 Å². The van der Waals surface area contributed by atoms with Gasteiger partial charge in [-0.05, 0) is 56.1 Å². The molecule has 0 aliphatic rings. The maximum atomic E-state index is 9.58. The second-order valence-electron chi connectivity index (χ2n) is 6.32. The third-order valence-corrected chi connectivity index (χ3v) is 3.84. The van der Waals surface area contributed by atoms with E-state index in [2.05, 4.69) is 14.5 Å². The zero-order valence-electron chi connectivity index (χ0n) is 15.0. The Morgan fingerprint density at radius 2 is 1.24 bits per heavy atom. The molecule has 0 saturated heterocycles. The van der Waals surface area contributed by atoms with Gasteiger partial charge in [0.1, 0.15) is 0 Å². The average Bonchev–Trinajstić information content (AvgIpc) is 2.35. The van der Waals surface area contributed by atoms with Crippen LogP contribution in [0.25, 0.3) is 0 Å². The largest absolute Gasteiger partial charge is 0.390 e. The number of aliphatic hydroxyl groups excluding tert-OH is 2. The van der Waals surface area contributed by atoms with Gasteiger partial charge >= 0.3 is 0 Å². The molecule has 0 aromatic carbocycles. The highest BCUT2D eigenvalue weighted by molar-refractivity contribution is 7.13. The Balaban J connectivity index is 0. The van der Waals surface area contributed by atoms with E-state index in [1.807, 2.05) is 70.8 Å². The highest BCUT2D eigenvalue weighted by Crippen LogP contribution is 1.99. The fourth-order valence-electron chi connectivity index (χ4n) is 1.51. The molecule has 1 unspecified atom stereocenters. The van der Waals surface area contributed by atoms with Gasteiger partial charge in [0.25, 0.3) is 0 Å². The van der Waals surface area contributed by atoms with E-state index in [9.17, 15) is 10.2 Å². The molecule has 0 spiro atoms. The first kappa shape index (κ1) is 23.5. The Hall–Kier alpha value is 0.190. The van der Waals surface area contributed by atoms with Crippen LogP contribution in [0.1, 0.15) is 13.8 Å². The molecular formula is C14H37N4O2P. The predicted molar refractivity (Wildman–Crippen MR) is 94.6 cm³/mol. The molecule has 21 heavy (non-hydrogen) atoms. The van der Waals surface area contributed by atoms with Crippen molar-refractivity contribution in [2.75, 3.05) is 55.4 Å². The van der Waals surface area contributed by atoms with E-state index in [4.69, 9.17) is 0 Å². The van der Waals surface area contributed by atoms with Crippen LogP contribution in [0.2, 0.25) is 0 Å². The number of hydrogen-bond acceptors (Lipinski definition) is 6. The smallest absolute Gasteiger partial charge is 0.0819 e. The van der Waals surface area contributed by atoms with E-state index in [1.165, 1.54) is 0 Å². The second-order valence-corrected chi connectivity index (χ2v) is 6.65. The van der Waals surface area contributed by atoms with Crippen molar-refractivity contribution >= 4 is 9.39 Å². The van der Waals surface area contributed by atoms with Crippen LogP contribution < -0.4 is 5.09 Å². The van der Waals surface area contributed by atoms with Gasteiger partial charge in [-0.2, -0.15) is 0 Å². The maximum absolute atomic E-state index is 9.58. The number of nitrogens with zero attached hydrogens (tertiary/aromatic N) is 3. The lowest BCUT2D eigenvalue weighted by Gasteiger charge is -2.27. The highest BCUT2D eigenvalue weighted by atomic mass is 31.0. The second kappa shape index (κ2) is 12.7. The van der Waals surface area contributed by atoms with Gasteiger partial charge in [-0.25, -0.2) is 0 Å². The molecule has 0 aromatic rings. The number of nitrogens with one attached hydrogen (secondary N) is 1. The van der Waals surface area contributed by atoms with E-state index in [-0.39, 0.29) is 24.3 Å². The van der Waals surface area contributed by atoms with Crippen LogP contribution >= 0.6 is 9.39 Å². The molecule has 0 aliphatic carbocycles. The van der Waals surface area contributed by atoms with Crippen molar-refractivity contribution in [1.82, 2.24) is 19.8 Å². The molecule has 0 bridgehead atoms. The van der Waals surface area contributed by atoms with Crippen molar-refractivity contribution in [3.05, 3.63) is 0 Å². The standard InChI is InChI=1S/C8H20N2O.C6H17N2OP/c1-7(10(4)5)8(11)6-9(2)3;1-5(7-10)6(9)4-8(2)3/h7-8,11H,6H2,1-5H3;5-7,9H,4,10H2,1-3H3/t7-,8+;5-,6+/m00/s1. The molecule has 0 heterocycles. The molecule has 0 aliphatic heterocycles. The minimum atomic E-state index is -0.299. The molecule has 6 nitrogen and oxygen atoms in total. The summed E-state index contributed by atoms with van der Waals surface area (Å²) in [6, 6.07) is 0.352. The van der Waals surface area contributed by atoms with Crippen LogP contribution in [0.15, 0.2) is 0 Å². The van der Waals surface area contributed by atoms with Gasteiger partial charge in [0, 0.05) is 25.2 Å². The summed E-state index contributed by atoms with van der Waals surface area (Å²) in [6.07, 6.45) is -0.563. The SMILES string of the molecule is C[C@@H]([C@H](O)CN(C)C)N(C)C.C[C@H](NP)[C@H](O)CN(C)C. The van der Waals surface area contributed by atoms with Crippen molar-refractivity contribution in [1.29, 1.82) is 0 Å². The first-order valence-electron chi connectivity index (χ1n) is 7.31. The van der Waals surface area contributed by atoms with Crippen molar-refractivity contribution in [3.63, 3.8) is 0 Å². The van der Waals surface area contributed by atoms with Crippen LogP contribution in [-0.2, 0) is 0 Å². The summed E-state index contributed by atoms with van der Waals surface area (Å²) in [5.74, 6) is 0. The lowest BCUT2D eigenvalue weighted by atomic mass is 10.1. The monoisotopic (exact) mass is 324 g/mol. The van der Waals surface area contributed by atoms with Gasteiger partial charge in [-0.15, -0.1) is 0 Å². The Morgan fingerprint density at radius 1 is 0.857 bits per heavy atom. The van der Waals surface area contributed by atoms with Crippen molar-refractivity contribution in [2.24, 2.45) is 0 Å². The molecule has 5 atom stereocenters. The molecule has 0 aromatic heterocycles. The number of likely N-dealkylation sites (N-methyl/N-ethyl adjacent to an activating group) is 3. The first-order chi connectivity index (χ1) is 9.52. The molecule has 0 radical (unpaired) electrons. The number of hydrogen-bond donors (Lipinski definition) is 3. The number of aliphatic hydroxyl groups is 2. The molecule has 0 saturated carbocycles. The quantitative estimate of drug-likeness (QED) is 0.525. The summed E-state index contributed by atoms with van der Waals surface area (Å²) in [4.78, 5) is 5.97. The van der Waals surface area contributed by atoms with E-state index in [1.54, 1.807) is 0 Å². The van der Waals surface area contributed by atoms with Crippen LogP contribution in [0.3, 0.4) is 0 Å². The van der Waals surface area contributed by atoms with Crippen LogP contribution in [0.5, 0.6) is 0 Å². The molecule has 0 rings (SSSR count). The third-order valence-electron chi connectivity index (χ3n) is 3.32. The molecular weight excluding hydrogens is 287 g/mol. The lowest BCUT2D eigenvalue weighted by molar-refractivity contribution is 0.0635. The van der Waals surface area contributed by atoms with Crippen LogP contribution in [0, 0.1) is 0 Å². The van der Waals surface area contributed by atoms with E-state index >= 15 is 0 Å². The van der Waals surface area contributed by atoms with E-state index in [0.29, 0.717) is 6.54 Å². The molecule has 0 amide bonds. The molecule has 3 N–H and O–H groups in total. The summed E-state index contributed by atoms with van der Waals surface area (Å²) in [5, 5.41) is 21.9. The van der Waals surface area contributed by atoms with Crippen LogP contribution in [0.4, 0.5) is 0 Å².